The summed E-state index contributed by atoms with van der Waals surface area (Å²) in [7, 11) is 2.00. The molecule has 0 spiro atoms. The van der Waals surface area contributed by atoms with Crippen molar-refractivity contribution in [3.63, 3.8) is 0 Å². The standard InChI is InChI=1S/C6H15N.CH2O2/c1-4-5-6(2)7-3;2-1-3/h6-7H,4-5H2,1-3H3;1H,(H,2,3). The Morgan fingerprint density at radius 3 is 2.20 bits per heavy atom. The average molecular weight is 147 g/mol. The first-order chi connectivity index (χ1) is 4.72. The van der Waals surface area contributed by atoms with Crippen molar-refractivity contribution in [3.05, 3.63) is 0 Å². The van der Waals surface area contributed by atoms with Crippen molar-refractivity contribution in [3.8, 4) is 0 Å². The lowest BCUT2D eigenvalue weighted by atomic mass is 10.2. The van der Waals surface area contributed by atoms with Crippen LogP contribution in [-0.2, 0) is 4.79 Å². The van der Waals surface area contributed by atoms with Crippen LogP contribution in [0.1, 0.15) is 26.7 Å². The van der Waals surface area contributed by atoms with E-state index < -0.39 is 0 Å². The van der Waals surface area contributed by atoms with Crippen molar-refractivity contribution in [1.82, 2.24) is 5.32 Å². The summed E-state index contributed by atoms with van der Waals surface area (Å²) in [5.74, 6) is 0. The summed E-state index contributed by atoms with van der Waals surface area (Å²) in [6.07, 6.45) is 2.57. The Balaban J connectivity index is 0. The number of rotatable bonds is 3. The molecule has 3 nitrogen and oxygen atoms in total. The summed E-state index contributed by atoms with van der Waals surface area (Å²) in [4.78, 5) is 8.36. The molecule has 0 aliphatic heterocycles. The van der Waals surface area contributed by atoms with Crippen LogP contribution >= 0.6 is 0 Å². The van der Waals surface area contributed by atoms with E-state index >= 15 is 0 Å². The van der Waals surface area contributed by atoms with Crippen LogP contribution in [0.2, 0.25) is 0 Å². The number of carbonyl (C=O) groups is 1. The SMILES string of the molecule is CCCC(C)NC.O=CO. The van der Waals surface area contributed by atoms with Gasteiger partial charge in [0.15, 0.2) is 0 Å². The number of nitrogens with one attached hydrogen (secondary N) is 1. The van der Waals surface area contributed by atoms with E-state index in [1.54, 1.807) is 0 Å². The lowest BCUT2D eigenvalue weighted by Gasteiger charge is -2.05. The van der Waals surface area contributed by atoms with Gasteiger partial charge in [0.1, 0.15) is 0 Å². The largest absolute Gasteiger partial charge is 0.483 e. The van der Waals surface area contributed by atoms with Gasteiger partial charge in [0.05, 0.1) is 0 Å². The van der Waals surface area contributed by atoms with Gasteiger partial charge in [-0.3, -0.25) is 4.79 Å². The van der Waals surface area contributed by atoms with E-state index in [0.29, 0.717) is 6.04 Å². The Kier molecular flexibility index (Phi) is 13.7. The topological polar surface area (TPSA) is 49.3 Å². The zero-order valence-electron chi connectivity index (χ0n) is 6.92. The minimum Gasteiger partial charge on any atom is -0.483 e. The van der Waals surface area contributed by atoms with Gasteiger partial charge in [-0.05, 0) is 20.4 Å². The molecule has 0 fully saturated rings. The molecule has 0 radical (unpaired) electrons. The van der Waals surface area contributed by atoms with Crippen LogP contribution in [0.5, 0.6) is 0 Å². The molecule has 3 heteroatoms. The van der Waals surface area contributed by atoms with Gasteiger partial charge >= 0.3 is 0 Å². The summed E-state index contributed by atoms with van der Waals surface area (Å²) in [5.41, 5.74) is 0. The fourth-order valence-electron chi connectivity index (χ4n) is 0.577. The van der Waals surface area contributed by atoms with Crippen LogP contribution in [0.3, 0.4) is 0 Å². The fraction of sp³-hybridized carbons (Fsp3) is 0.857. The lowest BCUT2D eigenvalue weighted by Crippen LogP contribution is -2.20. The van der Waals surface area contributed by atoms with E-state index in [2.05, 4.69) is 19.2 Å². The third-order valence-electron chi connectivity index (χ3n) is 1.21. The van der Waals surface area contributed by atoms with Crippen molar-refractivity contribution >= 4 is 6.47 Å². The fourth-order valence-corrected chi connectivity index (χ4v) is 0.577. The predicted octanol–water partition coefficient (Wildman–Crippen LogP) is 1.10. The first-order valence-corrected chi connectivity index (χ1v) is 3.48. The van der Waals surface area contributed by atoms with E-state index in [4.69, 9.17) is 9.90 Å². The van der Waals surface area contributed by atoms with Crippen molar-refractivity contribution < 1.29 is 9.90 Å². The maximum Gasteiger partial charge on any atom is 0.290 e. The third-order valence-corrected chi connectivity index (χ3v) is 1.21. The molecule has 0 rings (SSSR count). The predicted molar refractivity (Wildman–Crippen MR) is 42.1 cm³/mol. The van der Waals surface area contributed by atoms with Gasteiger partial charge in [-0.2, -0.15) is 0 Å². The Bertz CT molecular complexity index is 66.6. The van der Waals surface area contributed by atoms with Gasteiger partial charge in [-0.15, -0.1) is 0 Å². The van der Waals surface area contributed by atoms with E-state index in [1.807, 2.05) is 7.05 Å². The molecule has 1 atom stereocenters. The van der Waals surface area contributed by atoms with Gasteiger partial charge in [0, 0.05) is 6.04 Å². The molecule has 0 aromatic heterocycles. The number of hydrogen-bond acceptors (Lipinski definition) is 2. The Morgan fingerprint density at radius 1 is 1.70 bits per heavy atom. The van der Waals surface area contributed by atoms with E-state index in [1.165, 1.54) is 12.8 Å². The zero-order valence-corrected chi connectivity index (χ0v) is 6.92. The molecule has 62 valence electrons. The molecular weight excluding hydrogens is 130 g/mol. The second kappa shape index (κ2) is 11.3. The van der Waals surface area contributed by atoms with E-state index in [9.17, 15) is 0 Å². The molecule has 0 saturated carbocycles. The summed E-state index contributed by atoms with van der Waals surface area (Å²) < 4.78 is 0. The van der Waals surface area contributed by atoms with Crippen molar-refractivity contribution in [1.29, 1.82) is 0 Å². The Morgan fingerprint density at radius 2 is 2.10 bits per heavy atom. The van der Waals surface area contributed by atoms with Gasteiger partial charge in [0.2, 0.25) is 0 Å². The maximum absolute atomic E-state index is 8.36. The van der Waals surface area contributed by atoms with Crippen LogP contribution in [0.25, 0.3) is 0 Å². The van der Waals surface area contributed by atoms with Crippen LogP contribution < -0.4 is 5.32 Å². The molecule has 0 amide bonds. The molecule has 10 heavy (non-hydrogen) atoms. The molecule has 0 aliphatic rings. The number of hydrogen-bond donors (Lipinski definition) is 2. The van der Waals surface area contributed by atoms with Crippen LogP contribution in [0.4, 0.5) is 0 Å². The lowest BCUT2D eigenvalue weighted by molar-refractivity contribution is -0.122. The van der Waals surface area contributed by atoms with Crippen molar-refractivity contribution in [2.24, 2.45) is 0 Å². The second-order valence-electron chi connectivity index (χ2n) is 2.08. The highest BCUT2D eigenvalue weighted by molar-refractivity contribution is 5.32. The zero-order chi connectivity index (χ0) is 8.41. The molecule has 2 N–H and O–H groups in total. The average Bonchev–Trinajstić information content (AvgIpc) is 1.90. The van der Waals surface area contributed by atoms with Crippen molar-refractivity contribution in [2.75, 3.05) is 7.05 Å². The normalized spacial score (nSPS) is 11.1. The number of carboxylic acid groups (broad SMARTS) is 1. The molecule has 0 aliphatic carbocycles. The van der Waals surface area contributed by atoms with Gasteiger partial charge in [-0.25, -0.2) is 0 Å². The summed E-state index contributed by atoms with van der Waals surface area (Å²) in [5, 5.41) is 10.1. The van der Waals surface area contributed by atoms with Crippen LogP contribution in [0, 0.1) is 0 Å². The molecule has 0 heterocycles. The van der Waals surface area contributed by atoms with Crippen molar-refractivity contribution in [2.45, 2.75) is 32.7 Å². The second-order valence-corrected chi connectivity index (χ2v) is 2.08. The molecule has 0 aromatic carbocycles. The molecule has 0 aromatic rings. The summed E-state index contributed by atoms with van der Waals surface area (Å²) in [6, 6.07) is 0.699. The van der Waals surface area contributed by atoms with Gasteiger partial charge in [0.25, 0.3) is 6.47 Å². The van der Waals surface area contributed by atoms with Crippen LogP contribution in [-0.4, -0.2) is 24.7 Å². The van der Waals surface area contributed by atoms with Crippen LogP contribution in [0.15, 0.2) is 0 Å². The third kappa shape index (κ3) is 15.7. The molecule has 1 unspecified atom stereocenters. The molecular formula is C7H17NO2. The summed E-state index contributed by atoms with van der Waals surface area (Å²) in [6.45, 7) is 4.15. The minimum atomic E-state index is -0.250. The summed E-state index contributed by atoms with van der Waals surface area (Å²) >= 11 is 0. The minimum absolute atomic E-state index is 0.250. The first kappa shape index (κ1) is 12.1. The maximum atomic E-state index is 8.36. The molecule has 0 saturated heterocycles. The highest BCUT2D eigenvalue weighted by atomic mass is 16.3. The van der Waals surface area contributed by atoms with E-state index in [-0.39, 0.29) is 6.47 Å². The van der Waals surface area contributed by atoms with E-state index in [0.717, 1.165) is 0 Å². The Labute approximate surface area is 62.4 Å². The highest BCUT2D eigenvalue weighted by Crippen LogP contribution is 1.91. The van der Waals surface area contributed by atoms with Gasteiger partial charge in [-0.1, -0.05) is 13.3 Å². The Hall–Kier alpha value is -0.570. The molecule has 0 bridgehead atoms. The first-order valence-electron chi connectivity index (χ1n) is 3.48. The monoisotopic (exact) mass is 147 g/mol. The highest BCUT2D eigenvalue weighted by Gasteiger charge is 1.91. The van der Waals surface area contributed by atoms with Gasteiger partial charge < -0.3 is 10.4 Å². The smallest absolute Gasteiger partial charge is 0.290 e. The quantitative estimate of drug-likeness (QED) is 0.587.